The average molecular weight is 547 g/mol. The quantitative estimate of drug-likeness (QED) is 0.306. The van der Waals surface area contributed by atoms with Crippen molar-refractivity contribution < 1.29 is 18.8 Å². The van der Waals surface area contributed by atoms with E-state index >= 15 is 0 Å². The van der Waals surface area contributed by atoms with Crippen LogP contribution in [0.1, 0.15) is 11.3 Å². The topological polar surface area (TPSA) is 91.7 Å². The van der Waals surface area contributed by atoms with E-state index in [2.05, 4.69) is 26.6 Å². The Morgan fingerprint density at radius 3 is 2.58 bits per heavy atom. The number of hydrogen-bond acceptors (Lipinski definition) is 5. The highest BCUT2D eigenvalue weighted by Crippen LogP contribution is 2.37. The van der Waals surface area contributed by atoms with Crippen LogP contribution in [0.3, 0.4) is 0 Å². The van der Waals surface area contributed by atoms with Crippen LogP contribution in [0.4, 0.5) is 10.5 Å². The Bertz CT molecular complexity index is 1260. The maximum Gasteiger partial charge on any atom is 0.329 e. The van der Waals surface area contributed by atoms with Crippen LogP contribution in [-0.4, -0.2) is 29.3 Å². The van der Waals surface area contributed by atoms with Gasteiger partial charge in [-0.25, -0.2) is 9.69 Å². The van der Waals surface area contributed by atoms with E-state index < -0.39 is 24.4 Å². The Morgan fingerprint density at radius 1 is 1.18 bits per heavy atom. The summed E-state index contributed by atoms with van der Waals surface area (Å²) >= 11 is 10.7. The lowest BCUT2D eigenvalue weighted by molar-refractivity contribution is -0.127. The first-order valence-corrected chi connectivity index (χ1v) is 11.7. The van der Waals surface area contributed by atoms with Crippen molar-refractivity contribution in [2.24, 2.45) is 0 Å². The monoisotopic (exact) mass is 545 g/mol. The Balaban J connectivity index is 1.43. The second-order valence-corrected chi connectivity index (χ2v) is 9.47. The number of amides is 4. The van der Waals surface area contributed by atoms with Crippen molar-refractivity contribution in [1.29, 1.82) is 0 Å². The van der Waals surface area contributed by atoms with Crippen molar-refractivity contribution in [3.8, 4) is 0 Å². The number of aryl methyl sites for hydroxylation is 1. The summed E-state index contributed by atoms with van der Waals surface area (Å²) in [5, 5.41) is 6.37. The average Bonchev–Trinajstić information content (AvgIpc) is 3.24. The molecule has 0 bridgehead atoms. The molecule has 1 fully saturated rings. The van der Waals surface area contributed by atoms with Gasteiger partial charge in [0.1, 0.15) is 18.0 Å². The Labute approximate surface area is 207 Å². The van der Waals surface area contributed by atoms with Crippen LogP contribution in [0.5, 0.6) is 0 Å². The van der Waals surface area contributed by atoms with Crippen LogP contribution in [0.25, 0.3) is 6.08 Å². The molecule has 1 aromatic heterocycles. The van der Waals surface area contributed by atoms with Gasteiger partial charge in [0, 0.05) is 21.7 Å². The van der Waals surface area contributed by atoms with Gasteiger partial charge in [-0.3, -0.25) is 9.59 Å². The van der Waals surface area contributed by atoms with E-state index in [-0.39, 0.29) is 5.70 Å². The van der Waals surface area contributed by atoms with Crippen molar-refractivity contribution in [2.75, 3.05) is 11.9 Å². The van der Waals surface area contributed by atoms with Crippen molar-refractivity contribution in [2.45, 2.75) is 16.9 Å². The Morgan fingerprint density at radius 2 is 1.88 bits per heavy atom. The summed E-state index contributed by atoms with van der Waals surface area (Å²) in [6.45, 7) is 1.53. The summed E-state index contributed by atoms with van der Waals surface area (Å²) in [5.74, 6) is -0.725. The first-order valence-electron chi connectivity index (χ1n) is 9.72. The van der Waals surface area contributed by atoms with Gasteiger partial charge in [0.25, 0.3) is 5.91 Å². The van der Waals surface area contributed by atoms with Gasteiger partial charge in [0.05, 0.1) is 4.47 Å². The number of nitrogens with one attached hydrogen (secondary N) is 2. The van der Waals surface area contributed by atoms with Gasteiger partial charge < -0.3 is 15.1 Å². The van der Waals surface area contributed by atoms with Crippen molar-refractivity contribution >= 4 is 68.9 Å². The minimum Gasteiger partial charge on any atom is -0.449 e. The molecule has 1 aliphatic rings. The fourth-order valence-corrected chi connectivity index (χ4v) is 4.41. The second-order valence-electron chi connectivity index (χ2n) is 7.13. The molecule has 2 N–H and O–H groups in total. The summed E-state index contributed by atoms with van der Waals surface area (Å²) in [6.07, 6.45) is 1.43. The summed E-state index contributed by atoms with van der Waals surface area (Å²) in [6, 6.07) is 15.5. The minimum absolute atomic E-state index is 0.0208. The number of benzene rings is 2. The molecular formula is C23H17BrClN3O4S. The van der Waals surface area contributed by atoms with Gasteiger partial charge >= 0.3 is 6.03 Å². The Hall–Kier alpha value is -3.01. The van der Waals surface area contributed by atoms with Gasteiger partial charge in [-0.15, -0.1) is 0 Å². The maximum absolute atomic E-state index is 12.7. The van der Waals surface area contributed by atoms with E-state index in [1.807, 2.05) is 31.2 Å². The number of furan rings is 1. The van der Waals surface area contributed by atoms with E-state index in [9.17, 15) is 14.4 Å². The van der Waals surface area contributed by atoms with Gasteiger partial charge in [-0.2, -0.15) is 0 Å². The van der Waals surface area contributed by atoms with Gasteiger partial charge in [0.2, 0.25) is 5.91 Å². The number of hydrogen-bond donors (Lipinski definition) is 2. The summed E-state index contributed by atoms with van der Waals surface area (Å²) in [4.78, 5) is 39.0. The van der Waals surface area contributed by atoms with Gasteiger partial charge in [-0.1, -0.05) is 41.1 Å². The third kappa shape index (κ3) is 5.68. The molecule has 2 aromatic carbocycles. The number of carbonyl (C=O) groups excluding carboxylic acids is 3. The fraction of sp³-hybridized carbons (Fsp3) is 0.0870. The van der Waals surface area contributed by atoms with Crippen molar-refractivity contribution in [3.63, 3.8) is 0 Å². The SMILES string of the molecule is Cc1ccc(NC(=O)CN2C(=O)N/C(=C/c3cc(Br)c(Sc4ccc(Cl)cc4)o3)C2=O)cc1. The number of urea groups is 1. The largest absolute Gasteiger partial charge is 0.449 e. The number of carbonyl (C=O) groups is 3. The van der Waals surface area contributed by atoms with Crippen LogP contribution in [0.2, 0.25) is 5.02 Å². The highest BCUT2D eigenvalue weighted by Gasteiger charge is 2.35. The number of rotatable bonds is 6. The number of halogens is 2. The molecule has 4 rings (SSSR count). The molecule has 0 unspecified atom stereocenters. The molecule has 33 heavy (non-hydrogen) atoms. The molecule has 7 nitrogen and oxygen atoms in total. The van der Waals surface area contributed by atoms with Crippen molar-refractivity contribution in [3.05, 3.63) is 81.1 Å². The molecule has 168 valence electrons. The van der Waals surface area contributed by atoms with Crippen LogP contribution < -0.4 is 10.6 Å². The summed E-state index contributed by atoms with van der Waals surface area (Å²) in [5.41, 5.74) is 1.66. The van der Waals surface area contributed by atoms with Crippen LogP contribution in [0, 0.1) is 6.92 Å². The molecule has 0 radical (unpaired) electrons. The smallest absolute Gasteiger partial charge is 0.329 e. The molecule has 0 saturated carbocycles. The van der Waals surface area contributed by atoms with E-state index in [1.165, 1.54) is 17.8 Å². The standard InChI is InChI=1S/C23H17BrClN3O4S/c1-13-2-6-15(7-3-13)26-20(29)12-28-21(30)19(27-23(28)31)11-16-10-18(24)22(32-16)33-17-8-4-14(25)5-9-17/h2-11H,12H2,1H3,(H,26,29)(H,27,31)/b19-11+. The zero-order chi connectivity index (χ0) is 23.5. The molecule has 2 heterocycles. The molecule has 1 aliphatic heterocycles. The number of anilines is 1. The fourth-order valence-electron chi connectivity index (χ4n) is 2.96. The van der Waals surface area contributed by atoms with Crippen LogP contribution in [-0.2, 0) is 9.59 Å². The summed E-state index contributed by atoms with van der Waals surface area (Å²) < 4.78 is 6.50. The zero-order valence-corrected chi connectivity index (χ0v) is 20.4. The van der Waals surface area contributed by atoms with Crippen LogP contribution >= 0.6 is 39.3 Å². The van der Waals surface area contributed by atoms with E-state index in [0.29, 0.717) is 26.0 Å². The van der Waals surface area contributed by atoms with E-state index in [4.69, 9.17) is 16.0 Å². The molecular weight excluding hydrogens is 530 g/mol. The van der Waals surface area contributed by atoms with E-state index in [0.717, 1.165) is 15.4 Å². The van der Waals surface area contributed by atoms with Crippen molar-refractivity contribution in [1.82, 2.24) is 10.2 Å². The lowest BCUT2D eigenvalue weighted by Crippen LogP contribution is -2.38. The second kappa shape index (κ2) is 9.86. The predicted molar refractivity (Wildman–Crippen MR) is 130 cm³/mol. The van der Waals surface area contributed by atoms with Gasteiger partial charge in [-0.05, 0) is 65.3 Å². The van der Waals surface area contributed by atoms with Crippen LogP contribution in [0.15, 0.2) is 79.2 Å². The van der Waals surface area contributed by atoms with Gasteiger partial charge in [0.15, 0.2) is 5.09 Å². The molecule has 10 heteroatoms. The molecule has 4 amide bonds. The minimum atomic E-state index is -0.674. The lowest BCUT2D eigenvalue weighted by Gasteiger charge is -2.12. The summed E-state index contributed by atoms with van der Waals surface area (Å²) in [7, 11) is 0. The molecule has 1 saturated heterocycles. The first-order chi connectivity index (χ1) is 15.8. The Kier molecular flexibility index (Phi) is 6.92. The number of imide groups is 1. The third-order valence-electron chi connectivity index (χ3n) is 4.58. The number of nitrogens with zero attached hydrogens (tertiary/aromatic N) is 1. The maximum atomic E-state index is 12.7. The molecule has 0 spiro atoms. The highest BCUT2D eigenvalue weighted by molar-refractivity contribution is 9.10. The highest BCUT2D eigenvalue weighted by atomic mass is 79.9. The first kappa shape index (κ1) is 23.2. The zero-order valence-electron chi connectivity index (χ0n) is 17.2. The predicted octanol–water partition coefficient (Wildman–Crippen LogP) is 5.69. The third-order valence-corrected chi connectivity index (χ3v) is 6.68. The lowest BCUT2D eigenvalue weighted by atomic mass is 10.2. The molecule has 0 aliphatic carbocycles. The molecule has 3 aromatic rings. The normalized spacial score (nSPS) is 14.6. The van der Waals surface area contributed by atoms with E-state index in [1.54, 1.807) is 30.3 Å². The molecule has 0 atom stereocenters.